The molecule has 1 aromatic heterocycles. The van der Waals surface area contributed by atoms with Crippen molar-refractivity contribution < 1.29 is 17.0 Å². The minimum Gasteiger partial charge on any atom is -1.00 e. The maximum absolute atomic E-state index is 2.35. The van der Waals surface area contributed by atoms with Crippen LogP contribution in [0.3, 0.4) is 0 Å². The molecule has 0 N–H and O–H groups in total. The van der Waals surface area contributed by atoms with E-state index in [1.807, 2.05) is 0 Å². The zero-order valence-electron chi connectivity index (χ0n) is 11.8. The number of aromatic nitrogens is 1. The van der Waals surface area contributed by atoms with Crippen molar-refractivity contribution in [3.63, 3.8) is 0 Å². The number of nitrogens with zero attached hydrogens (tertiary/aromatic N) is 2. The predicted molar refractivity (Wildman–Crippen MR) is 76.3 cm³/mol. The van der Waals surface area contributed by atoms with Crippen molar-refractivity contribution in [2.45, 2.75) is 20.8 Å². The Bertz CT molecular complexity index is 487. The van der Waals surface area contributed by atoms with Gasteiger partial charge in [-0.3, -0.25) is 0 Å². The quantitative estimate of drug-likeness (QED) is 0.720. The van der Waals surface area contributed by atoms with E-state index in [-0.39, 0.29) is 12.4 Å². The fourth-order valence-corrected chi connectivity index (χ4v) is 2.10. The summed E-state index contributed by atoms with van der Waals surface area (Å²) in [6.07, 6.45) is 4.20. The summed E-state index contributed by atoms with van der Waals surface area (Å²) in [5.41, 5.74) is 3.77. The molecule has 0 atom stereocenters. The third kappa shape index (κ3) is 3.71. The molecule has 19 heavy (non-hydrogen) atoms. The van der Waals surface area contributed by atoms with E-state index in [4.69, 9.17) is 0 Å². The molecule has 0 fully saturated rings. The fourth-order valence-electron chi connectivity index (χ4n) is 2.10. The minimum absolute atomic E-state index is 0. The van der Waals surface area contributed by atoms with Gasteiger partial charge >= 0.3 is 0 Å². The molecule has 102 valence electrons. The molecule has 1 heterocycles. The topological polar surface area (TPSA) is 7.12 Å². The van der Waals surface area contributed by atoms with Gasteiger partial charge in [-0.15, -0.1) is 0 Å². The van der Waals surface area contributed by atoms with Crippen LogP contribution >= 0.6 is 0 Å². The van der Waals surface area contributed by atoms with Crippen molar-refractivity contribution in [3.8, 4) is 5.69 Å². The third-order valence-electron chi connectivity index (χ3n) is 3.27. The molecule has 3 heteroatoms. The van der Waals surface area contributed by atoms with Crippen LogP contribution in [0, 0.1) is 6.92 Å². The number of hydrogen-bond acceptors (Lipinski definition) is 1. The molecule has 0 radical (unpaired) electrons. The summed E-state index contributed by atoms with van der Waals surface area (Å²) in [6.45, 7) is 8.58. The summed E-state index contributed by atoms with van der Waals surface area (Å²) in [7, 11) is 0. The summed E-state index contributed by atoms with van der Waals surface area (Å²) in [6, 6.07) is 13.0. The molecule has 2 nitrogen and oxygen atoms in total. The van der Waals surface area contributed by atoms with Crippen LogP contribution in [0.15, 0.2) is 48.8 Å². The van der Waals surface area contributed by atoms with E-state index in [0.29, 0.717) is 0 Å². The first-order valence-corrected chi connectivity index (χ1v) is 6.58. The van der Waals surface area contributed by atoms with E-state index in [9.17, 15) is 0 Å². The van der Waals surface area contributed by atoms with E-state index < -0.39 is 0 Å². The Balaban J connectivity index is 0.00000180. The van der Waals surface area contributed by atoms with Crippen LogP contribution < -0.4 is 21.9 Å². The lowest BCUT2D eigenvalue weighted by molar-refractivity contribution is -0.595. The van der Waals surface area contributed by atoms with E-state index in [1.54, 1.807) is 0 Å². The lowest BCUT2D eigenvalue weighted by atomic mass is 10.2. The molecule has 0 aliphatic carbocycles. The Kier molecular flexibility index (Phi) is 5.84. The van der Waals surface area contributed by atoms with Gasteiger partial charge in [-0.2, -0.15) is 4.57 Å². The first-order chi connectivity index (χ1) is 8.74. The van der Waals surface area contributed by atoms with E-state index in [2.05, 4.69) is 79.0 Å². The number of halogens is 1. The van der Waals surface area contributed by atoms with Crippen molar-refractivity contribution in [1.29, 1.82) is 0 Å². The molecule has 0 unspecified atom stereocenters. The summed E-state index contributed by atoms with van der Waals surface area (Å²) in [5.74, 6) is 0. The molecule has 0 spiro atoms. The van der Waals surface area contributed by atoms with Gasteiger partial charge in [-0.1, -0.05) is 0 Å². The highest BCUT2D eigenvalue weighted by Crippen LogP contribution is 2.14. The lowest BCUT2D eigenvalue weighted by Crippen LogP contribution is -3.00. The number of anilines is 1. The molecular weight excluding hydrogens is 256 g/mol. The molecule has 0 amide bonds. The van der Waals surface area contributed by atoms with Gasteiger partial charge in [0.05, 0.1) is 0 Å². The molecule has 0 saturated carbocycles. The van der Waals surface area contributed by atoms with Gasteiger partial charge < -0.3 is 17.3 Å². The smallest absolute Gasteiger partial charge is 0.210 e. The molecule has 0 aliphatic rings. The maximum atomic E-state index is 2.35. The standard InChI is InChI=1S/C16H21N2.ClH/c1-4-17(5-2)15-6-8-16(9-7-15)18-12-10-14(3)11-13-18;/h6-13H,4-5H2,1-3H3;1H/q+1;/p-1. The number of aryl methyl sites for hydroxylation is 1. The fraction of sp³-hybridized carbons (Fsp3) is 0.312. The highest BCUT2D eigenvalue weighted by atomic mass is 35.5. The van der Waals surface area contributed by atoms with Gasteiger partial charge in [0.15, 0.2) is 12.4 Å². The molecule has 1 aromatic carbocycles. The summed E-state index contributed by atoms with van der Waals surface area (Å²) in [5, 5.41) is 0. The van der Waals surface area contributed by atoms with Gasteiger partial charge in [0.25, 0.3) is 0 Å². The second-order valence-electron chi connectivity index (χ2n) is 4.47. The van der Waals surface area contributed by atoms with E-state index >= 15 is 0 Å². The Hall–Kier alpha value is -1.54. The van der Waals surface area contributed by atoms with Crippen LogP contribution in [-0.2, 0) is 0 Å². The van der Waals surface area contributed by atoms with Crippen LogP contribution in [0.5, 0.6) is 0 Å². The Morgan fingerprint density at radius 3 is 1.89 bits per heavy atom. The predicted octanol–water partition coefficient (Wildman–Crippen LogP) is 0.122. The average molecular weight is 277 g/mol. The second-order valence-corrected chi connectivity index (χ2v) is 4.47. The average Bonchev–Trinajstić information content (AvgIpc) is 2.42. The van der Waals surface area contributed by atoms with Crippen molar-refractivity contribution in [3.05, 3.63) is 54.4 Å². The highest BCUT2D eigenvalue weighted by molar-refractivity contribution is 5.48. The number of benzene rings is 1. The lowest BCUT2D eigenvalue weighted by Gasteiger charge is -2.20. The third-order valence-corrected chi connectivity index (χ3v) is 3.27. The Morgan fingerprint density at radius 2 is 1.42 bits per heavy atom. The van der Waals surface area contributed by atoms with Crippen molar-refractivity contribution in [2.24, 2.45) is 0 Å². The molecule has 0 aliphatic heterocycles. The number of hydrogen-bond donors (Lipinski definition) is 0. The summed E-state index contributed by atoms with van der Waals surface area (Å²) in [4.78, 5) is 2.35. The maximum Gasteiger partial charge on any atom is 0.210 e. The number of rotatable bonds is 4. The Labute approximate surface area is 122 Å². The van der Waals surface area contributed by atoms with Crippen molar-refractivity contribution in [1.82, 2.24) is 0 Å². The highest BCUT2D eigenvalue weighted by Gasteiger charge is 2.06. The van der Waals surface area contributed by atoms with Crippen LogP contribution in [0.4, 0.5) is 5.69 Å². The van der Waals surface area contributed by atoms with E-state index in [0.717, 1.165) is 13.1 Å². The Morgan fingerprint density at radius 1 is 0.895 bits per heavy atom. The minimum atomic E-state index is 0. The molecule has 2 rings (SSSR count). The van der Waals surface area contributed by atoms with Crippen LogP contribution in [0.25, 0.3) is 5.69 Å². The van der Waals surface area contributed by atoms with Crippen LogP contribution in [0.1, 0.15) is 19.4 Å². The molecule has 0 saturated heterocycles. The summed E-state index contributed by atoms with van der Waals surface area (Å²) >= 11 is 0. The zero-order chi connectivity index (χ0) is 13.0. The monoisotopic (exact) mass is 276 g/mol. The summed E-state index contributed by atoms with van der Waals surface area (Å²) < 4.78 is 2.14. The largest absolute Gasteiger partial charge is 1.00 e. The SMILES string of the molecule is CCN(CC)c1ccc(-[n+]2ccc(C)cc2)cc1.[Cl-]. The first kappa shape index (κ1) is 15.5. The van der Waals surface area contributed by atoms with Gasteiger partial charge in [-0.05, 0) is 38.5 Å². The van der Waals surface area contributed by atoms with Crippen molar-refractivity contribution >= 4 is 5.69 Å². The molecule has 0 bridgehead atoms. The van der Waals surface area contributed by atoms with Gasteiger partial charge in [0.1, 0.15) is 0 Å². The normalized spacial score (nSPS) is 9.84. The van der Waals surface area contributed by atoms with Crippen LogP contribution in [0.2, 0.25) is 0 Å². The first-order valence-electron chi connectivity index (χ1n) is 6.58. The van der Waals surface area contributed by atoms with Gasteiger partial charge in [0, 0.05) is 43.0 Å². The van der Waals surface area contributed by atoms with E-state index in [1.165, 1.54) is 16.9 Å². The van der Waals surface area contributed by atoms with Crippen molar-refractivity contribution in [2.75, 3.05) is 18.0 Å². The number of pyridine rings is 1. The zero-order valence-corrected chi connectivity index (χ0v) is 12.6. The van der Waals surface area contributed by atoms with Gasteiger partial charge in [-0.25, -0.2) is 0 Å². The molecule has 2 aromatic rings. The van der Waals surface area contributed by atoms with Gasteiger partial charge in [0.2, 0.25) is 5.69 Å². The molecular formula is C16H21ClN2. The second kappa shape index (κ2) is 7.15. The van der Waals surface area contributed by atoms with Crippen LogP contribution in [-0.4, -0.2) is 13.1 Å².